The minimum Gasteiger partial charge on any atom is -0.357 e. The lowest BCUT2D eigenvalue weighted by Gasteiger charge is -2.48. The van der Waals surface area contributed by atoms with E-state index in [9.17, 15) is 0 Å². The lowest BCUT2D eigenvalue weighted by Crippen LogP contribution is -2.56. The maximum Gasteiger partial charge on any atom is 0.193 e. The number of nitrogens with zero attached hydrogens (tertiary/aromatic N) is 5. The van der Waals surface area contributed by atoms with Gasteiger partial charge in [-0.3, -0.25) is 14.6 Å². The van der Waals surface area contributed by atoms with Crippen molar-refractivity contribution in [1.82, 2.24) is 24.9 Å². The molecule has 32 heavy (non-hydrogen) atoms. The molecule has 0 bridgehead atoms. The molecule has 3 heterocycles. The molecule has 2 saturated heterocycles. The van der Waals surface area contributed by atoms with Gasteiger partial charge in [0.2, 0.25) is 0 Å². The van der Waals surface area contributed by atoms with Gasteiger partial charge in [0.25, 0.3) is 0 Å². The van der Waals surface area contributed by atoms with Crippen LogP contribution in [0.5, 0.6) is 0 Å². The average Bonchev–Trinajstić information content (AvgIpc) is 3.21. The number of piperidine rings is 2. The number of benzene rings is 1. The van der Waals surface area contributed by atoms with Gasteiger partial charge in [0.05, 0.1) is 6.20 Å². The molecule has 6 nitrogen and oxygen atoms in total. The van der Waals surface area contributed by atoms with Gasteiger partial charge in [-0.1, -0.05) is 30.3 Å². The second-order valence-electron chi connectivity index (χ2n) is 9.02. The monoisotopic (exact) mass is 550 g/mol. The first-order valence-electron chi connectivity index (χ1n) is 12.0. The summed E-state index contributed by atoms with van der Waals surface area (Å²) in [4.78, 5) is 10.2. The lowest BCUT2D eigenvalue weighted by molar-refractivity contribution is 0.0372. The summed E-state index contributed by atoms with van der Waals surface area (Å²) in [6.45, 7) is 8.50. The number of guanidine groups is 1. The van der Waals surface area contributed by atoms with Crippen LogP contribution in [0.15, 0.2) is 47.7 Å². The van der Waals surface area contributed by atoms with Gasteiger partial charge in [-0.05, 0) is 62.6 Å². The third kappa shape index (κ3) is 6.70. The quantitative estimate of drug-likeness (QED) is 0.246. The van der Waals surface area contributed by atoms with E-state index < -0.39 is 0 Å². The van der Waals surface area contributed by atoms with E-state index in [0.29, 0.717) is 6.04 Å². The Bertz CT molecular complexity index is 836. The van der Waals surface area contributed by atoms with Crippen LogP contribution in [0.1, 0.15) is 43.7 Å². The summed E-state index contributed by atoms with van der Waals surface area (Å²) < 4.78 is 1.87. The first kappa shape index (κ1) is 25.0. The van der Waals surface area contributed by atoms with Gasteiger partial charge in [-0.2, -0.15) is 5.10 Å². The highest BCUT2D eigenvalue weighted by atomic mass is 127. The van der Waals surface area contributed by atoms with Crippen molar-refractivity contribution in [2.24, 2.45) is 18.0 Å². The molecule has 2 unspecified atom stereocenters. The van der Waals surface area contributed by atoms with E-state index in [4.69, 9.17) is 4.99 Å². The van der Waals surface area contributed by atoms with E-state index in [0.717, 1.165) is 57.4 Å². The summed E-state index contributed by atoms with van der Waals surface area (Å²) >= 11 is 0. The van der Waals surface area contributed by atoms with Crippen molar-refractivity contribution in [1.29, 1.82) is 0 Å². The number of hydrogen-bond donors (Lipinski definition) is 1. The van der Waals surface area contributed by atoms with Crippen molar-refractivity contribution >= 4 is 29.9 Å². The number of nitrogens with one attached hydrogen (secondary N) is 1. The van der Waals surface area contributed by atoms with Crippen molar-refractivity contribution in [3.05, 3.63) is 53.9 Å². The second kappa shape index (κ2) is 12.6. The fraction of sp³-hybridized carbons (Fsp3) is 0.600. The molecular weight excluding hydrogens is 511 g/mol. The number of fused-ring (bicyclic) bond motifs is 1. The fourth-order valence-electron chi connectivity index (χ4n) is 5.21. The standard InChI is InChI=1S/C25H38N6.HI/c1-3-26-25(27-14-7-11-22-17-28-29(2)18-22)31-16-13-24-23(20-31)12-8-15-30(24)19-21-9-5-4-6-10-21;/h4-6,9-10,17-18,23-24H,3,7-8,11-16,19-20H2,1-2H3,(H,26,27);1H. The summed E-state index contributed by atoms with van der Waals surface area (Å²) in [5.41, 5.74) is 2.73. The molecule has 176 valence electrons. The van der Waals surface area contributed by atoms with Gasteiger partial charge in [-0.25, -0.2) is 0 Å². The Morgan fingerprint density at radius 2 is 2.00 bits per heavy atom. The van der Waals surface area contributed by atoms with Crippen LogP contribution >= 0.6 is 24.0 Å². The van der Waals surface area contributed by atoms with E-state index in [2.05, 4.69) is 63.7 Å². The van der Waals surface area contributed by atoms with Crippen molar-refractivity contribution in [3.8, 4) is 0 Å². The molecule has 2 fully saturated rings. The van der Waals surface area contributed by atoms with Gasteiger partial charge < -0.3 is 10.2 Å². The highest BCUT2D eigenvalue weighted by molar-refractivity contribution is 14.0. The Morgan fingerprint density at radius 3 is 2.75 bits per heavy atom. The molecule has 0 amide bonds. The summed E-state index contributed by atoms with van der Waals surface area (Å²) in [5, 5.41) is 7.81. The normalized spacial score (nSPS) is 21.7. The lowest BCUT2D eigenvalue weighted by atomic mass is 9.83. The van der Waals surface area contributed by atoms with E-state index in [1.54, 1.807) is 0 Å². The van der Waals surface area contributed by atoms with Crippen LogP contribution in [0.2, 0.25) is 0 Å². The van der Waals surface area contributed by atoms with Gasteiger partial charge in [0, 0.05) is 52.0 Å². The molecule has 2 aromatic rings. The molecule has 2 aliphatic rings. The van der Waals surface area contributed by atoms with Crippen LogP contribution in [0.3, 0.4) is 0 Å². The summed E-state index contributed by atoms with van der Waals surface area (Å²) in [7, 11) is 1.97. The average molecular weight is 551 g/mol. The predicted molar refractivity (Wildman–Crippen MR) is 142 cm³/mol. The molecule has 1 N–H and O–H groups in total. The number of halogens is 1. The van der Waals surface area contributed by atoms with E-state index in [-0.39, 0.29) is 24.0 Å². The van der Waals surface area contributed by atoms with Crippen molar-refractivity contribution in [2.75, 3.05) is 32.7 Å². The minimum atomic E-state index is 0. The Kier molecular flexibility index (Phi) is 9.84. The Labute approximate surface area is 210 Å². The zero-order chi connectivity index (χ0) is 21.5. The van der Waals surface area contributed by atoms with Gasteiger partial charge in [0.15, 0.2) is 5.96 Å². The number of aliphatic imine (C=N–C) groups is 1. The van der Waals surface area contributed by atoms with Crippen LogP contribution < -0.4 is 5.32 Å². The highest BCUT2D eigenvalue weighted by Crippen LogP contribution is 2.31. The Balaban J connectivity index is 0.00000289. The second-order valence-corrected chi connectivity index (χ2v) is 9.02. The van der Waals surface area contributed by atoms with E-state index >= 15 is 0 Å². The van der Waals surface area contributed by atoms with Crippen LogP contribution in [-0.4, -0.2) is 64.3 Å². The van der Waals surface area contributed by atoms with Crippen LogP contribution in [0.4, 0.5) is 0 Å². The van der Waals surface area contributed by atoms with E-state index in [1.807, 2.05) is 17.9 Å². The Hall–Kier alpha value is -1.61. The smallest absolute Gasteiger partial charge is 0.193 e. The maximum atomic E-state index is 4.97. The molecule has 1 aromatic heterocycles. The minimum absolute atomic E-state index is 0. The molecule has 0 radical (unpaired) electrons. The van der Waals surface area contributed by atoms with Crippen LogP contribution in [0.25, 0.3) is 0 Å². The van der Waals surface area contributed by atoms with Gasteiger partial charge in [0.1, 0.15) is 0 Å². The zero-order valence-corrected chi connectivity index (χ0v) is 21.9. The van der Waals surface area contributed by atoms with Crippen molar-refractivity contribution in [3.63, 3.8) is 0 Å². The van der Waals surface area contributed by atoms with Crippen molar-refractivity contribution in [2.45, 2.75) is 51.6 Å². The SMILES string of the molecule is CCNC(=NCCCc1cnn(C)c1)N1CCC2C(CCCN2Cc2ccccc2)C1.I. The molecule has 0 spiro atoms. The largest absolute Gasteiger partial charge is 0.357 e. The van der Waals surface area contributed by atoms with Crippen molar-refractivity contribution < 1.29 is 0 Å². The molecule has 4 rings (SSSR count). The summed E-state index contributed by atoms with van der Waals surface area (Å²) in [5.74, 6) is 1.85. The fourth-order valence-corrected chi connectivity index (χ4v) is 5.21. The number of hydrogen-bond acceptors (Lipinski definition) is 3. The number of aromatic nitrogens is 2. The topological polar surface area (TPSA) is 48.7 Å². The van der Waals surface area contributed by atoms with Crippen LogP contribution in [-0.2, 0) is 20.0 Å². The van der Waals surface area contributed by atoms with Gasteiger partial charge >= 0.3 is 0 Å². The zero-order valence-electron chi connectivity index (χ0n) is 19.6. The summed E-state index contributed by atoms with van der Waals surface area (Å²) in [6, 6.07) is 11.7. The highest BCUT2D eigenvalue weighted by Gasteiger charge is 2.36. The molecule has 0 aliphatic carbocycles. The number of likely N-dealkylation sites (tertiary alicyclic amines) is 2. The Morgan fingerprint density at radius 1 is 1.16 bits per heavy atom. The first-order valence-corrected chi connectivity index (χ1v) is 12.0. The molecular formula is C25H39IN6. The predicted octanol–water partition coefficient (Wildman–Crippen LogP) is 3.92. The third-order valence-electron chi connectivity index (χ3n) is 6.69. The summed E-state index contributed by atoms with van der Waals surface area (Å²) in [6.07, 6.45) is 10.0. The van der Waals surface area contributed by atoms with Gasteiger partial charge in [-0.15, -0.1) is 24.0 Å². The number of aryl methyl sites for hydroxylation is 2. The number of rotatable bonds is 7. The third-order valence-corrected chi connectivity index (χ3v) is 6.69. The first-order chi connectivity index (χ1) is 15.2. The molecule has 1 aromatic carbocycles. The van der Waals surface area contributed by atoms with E-state index in [1.165, 1.54) is 36.9 Å². The molecule has 7 heteroatoms. The maximum absolute atomic E-state index is 4.97. The van der Waals surface area contributed by atoms with Crippen LogP contribution in [0, 0.1) is 5.92 Å². The molecule has 0 saturated carbocycles. The molecule has 2 atom stereocenters. The molecule has 2 aliphatic heterocycles.